The van der Waals surface area contributed by atoms with Crippen LogP contribution in [0, 0.1) is 0 Å². The van der Waals surface area contributed by atoms with Crippen LogP contribution in [-0.4, -0.2) is 15.0 Å². The minimum absolute atomic E-state index is 0.0285. The maximum atomic E-state index is 10.7. The Kier molecular flexibility index (Phi) is 4.40. The van der Waals surface area contributed by atoms with Gasteiger partial charge in [0.15, 0.2) is 0 Å². The van der Waals surface area contributed by atoms with Crippen LogP contribution in [0.25, 0.3) is 0 Å². The first-order valence-electron chi connectivity index (χ1n) is 3.36. The van der Waals surface area contributed by atoms with Crippen LogP contribution in [0.15, 0.2) is 0 Å². The van der Waals surface area contributed by atoms with Crippen LogP contribution >= 0.6 is 0 Å². The van der Waals surface area contributed by atoms with E-state index in [2.05, 4.69) is 0 Å². The summed E-state index contributed by atoms with van der Waals surface area (Å²) in [4.78, 5) is 10.7. The Labute approximate surface area is 57.9 Å². The van der Waals surface area contributed by atoms with Gasteiger partial charge < -0.3 is 4.43 Å². The summed E-state index contributed by atoms with van der Waals surface area (Å²) in [5.41, 5.74) is 0. The summed E-state index contributed by atoms with van der Waals surface area (Å²) in [6.07, 6.45) is 1.46. The molecule has 0 saturated carbocycles. The van der Waals surface area contributed by atoms with E-state index in [0.717, 1.165) is 6.42 Å². The van der Waals surface area contributed by atoms with Crippen LogP contribution in [0.2, 0.25) is 13.1 Å². The summed E-state index contributed by atoms with van der Waals surface area (Å²) in [5, 5.41) is 0. The first-order valence-corrected chi connectivity index (χ1v) is 6.14. The van der Waals surface area contributed by atoms with E-state index >= 15 is 0 Å². The fourth-order valence-corrected chi connectivity index (χ4v) is 1.17. The molecule has 0 aromatic rings. The van der Waals surface area contributed by atoms with Gasteiger partial charge in [-0.1, -0.05) is 6.92 Å². The van der Waals surface area contributed by atoms with Crippen molar-refractivity contribution >= 4 is 15.0 Å². The van der Waals surface area contributed by atoms with Gasteiger partial charge >= 0.3 is 0 Å². The summed E-state index contributed by atoms with van der Waals surface area (Å²) in [6, 6.07) is 0. The lowest BCUT2D eigenvalue weighted by atomic mass is 10.4. The summed E-state index contributed by atoms with van der Waals surface area (Å²) in [6.45, 7) is 5.96. The fourth-order valence-electron chi connectivity index (χ4n) is 0.526. The van der Waals surface area contributed by atoms with Gasteiger partial charge in [-0.3, -0.25) is 4.79 Å². The highest BCUT2D eigenvalue weighted by molar-refractivity contribution is 6.50. The van der Waals surface area contributed by atoms with Gasteiger partial charge in [0, 0.05) is 6.42 Å². The van der Waals surface area contributed by atoms with Gasteiger partial charge in [0.05, 0.1) is 0 Å². The molecule has 0 heterocycles. The minimum atomic E-state index is -1.11. The van der Waals surface area contributed by atoms with E-state index in [4.69, 9.17) is 4.43 Å². The van der Waals surface area contributed by atoms with Gasteiger partial charge in [-0.15, -0.1) is 0 Å². The number of carbonyl (C=O) groups is 1. The number of carbonyl (C=O) groups excluding carboxylic acids is 1. The van der Waals surface area contributed by atoms with Crippen LogP contribution in [0.4, 0.5) is 0 Å². The molecule has 0 fully saturated rings. The standard InChI is InChI=1S/C6H14O2Si/c1-4-5-6(7)8-9(2)3/h9H,4-5H2,1-3H3. The molecule has 0 rings (SSSR count). The number of rotatable bonds is 3. The Morgan fingerprint density at radius 2 is 2.11 bits per heavy atom. The third kappa shape index (κ3) is 5.56. The van der Waals surface area contributed by atoms with E-state index in [-0.39, 0.29) is 5.97 Å². The summed E-state index contributed by atoms with van der Waals surface area (Å²) in [7, 11) is -1.11. The normalized spacial score (nSPS) is 9.78. The molecular formula is C6H14O2Si. The predicted octanol–water partition coefficient (Wildman–Crippen LogP) is 1.31. The Bertz CT molecular complexity index is 91.1. The Balaban J connectivity index is 3.27. The molecule has 0 aliphatic heterocycles. The zero-order valence-corrected chi connectivity index (χ0v) is 7.46. The van der Waals surface area contributed by atoms with Crippen molar-refractivity contribution in [2.24, 2.45) is 0 Å². The molecule has 0 aromatic carbocycles. The second-order valence-corrected chi connectivity index (χ2v) is 4.62. The van der Waals surface area contributed by atoms with Crippen molar-refractivity contribution in [1.29, 1.82) is 0 Å². The van der Waals surface area contributed by atoms with Gasteiger partial charge in [-0.2, -0.15) is 0 Å². The Hall–Kier alpha value is -0.313. The number of hydrogen-bond acceptors (Lipinski definition) is 2. The highest BCUT2D eigenvalue weighted by Crippen LogP contribution is 1.93. The molecule has 3 heteroatoms. The zero-order valence-electron chi connectivity index (χ0n) is 6.31. The SMILES string of the molecule is CCCC(=O)O[SiH](C)C. The van der Waals surface area contributed by atoms with Crippen LogP contribution < -0.4 is 0 Å². The Morgan fingerprint density at radius 1 is 1.56 bits per heavy atom. The maximum Gasteiger partial charge on any atom is 0.292 e. The van der Waals surface area contributed by atoms with Crippen molar-refractivity contribution in [2.75, 3.05) is 0 Å². The topological polar surface area (TPSA) is 26.3 Å². The van der Waals surface area contributed by atoms with E-state index in [0.29, 0.717) is 6.42 Å². The molecule has 0 aliphatic rings. The van der Waals surface area contributed by atoms with Crippen LogP contribution in [0.5, 0.6) is 0 Å². The summed E-state index contributed by atoms with van der Waals surface area (Å²) < 4.78 is 4.99. The molecule has 9 heavy (non-hydrogen) atoms. The second kappa shape index (κ2) is 4.55. The van der Waals surface area contributed by atoms with Gasteiger partial charge in [-0.25, -0.2) is 0 Å². The molecule has 0 saturated heterocycles. The molecule has 0 amide bonds. The fraction of sp³-hybridized carbons (Fsp3) is 0.833. The van der Waals surface area contributed by atoms with E-state index < -0.39 is 9.04 Å². The first kappa shape index (κ1) is 8.69. The highest BCUT2D eigenvalue weighted by Gasteiger charge is 2.02. The largest absolute Gasteiger partial charge is 0.523 e. The molecule has 0 aromatic heterocycles. The van der Waals surface area contributed by atoms with E-state index in [1.54, 1.807) is 0 Å². The molecule has 2 nitrogen and oxygen atoms in total. The maximum absolute atomic E-state index is 10.7. The van der Waals surface area contributed by atoms with Crippen molar-refractivity contribution in [3.05, 3.63) is 0 Å². The lowest BCUT2D eigenvalue weighted by molar-refractivity contribution is -0.134. The monoisotopic (exact) mass is 146 g/mol. The van der Waals surface area contributed by atoms with Crippen molar-refractivity contribution in [3.63, 3.8) is 0 Å². The van der Waals surface area contributed by atoms with Gasteiger partial charge in [0.2, 0.25) is 9.04 Å². The lowest BCUT2D eigenvalue weighted by Crippen LogP contribution is -2.14. The first-order chi connectivity index (χ1) is 4.16. The zero-order chi connectivity index (χ0) is 7.28. The minimum Gasteiger partial charge on any atom is -0.523 e. The molecule has 0 atom stereocenters. The van der Waals surface area contributed by atoms with E-state index in [9.17, 15) is 4.79 Å². The Morgan fingerprint density at radius 3 is 2.44 bits per heavy atom. The van der Waals surface area contributed by atoms with Crippen molar-refractivity contribution in [3.8, 4) is 0 Å². The molecule has 0 bridgehead atoms. The average Bonchev–Trinajstić information content (AvgIpc) is 1.63. The molecule has 0 radical (unpaired) electrons. The summed E-state index contributed by atoms with van der Waals surface area (Å²) in [5.74, 6) is -0.0285. The van der Waals surface area contributed by atoms with E-state index in [1.165, 1.54) is 0 Å². The predicted molar refractivity (Wildman–Crippen MR) is 39.9 cm³/mol. The molecule has 0 N–H and O–H groups in total. The molecule has 54 valence electrons. The van der Waals surface area contributed by atoms with Crippen molar-refractivity contribution in [2.45, 2.75) is 32.9 Å². The molecule has 0 unspecified atom stereocenters. The van der Waals surface area contributed by atoms with Gasteiger partial charge in [0.25, 0.3) is 5.97 Å². The molecule has 0 aliphatic carbocycles. The lowest BCUT2D eigenvalue weighted by Gasteiger charge is -2.04. The van der Waals surface area contributed by atoms with Crippen molar-refractivity contribution < 1.29 is 9.22 Å². The third-order valence-corrected chi connectivity index (χ3v) is 1.56. The highest BCUT2D eigenvalue weighted by atomic mass is 28.3. The van der Waals surface area contributed by atoms with Crippen LogP contribution in [0.3, 0.4) is 0 Å². The second-order valence-electron chi connectivity index (χ2n) is 2.29. The van der Waals surface area contributed by atoms with Crippen LogP contribution in [-0.2, 0) is 9.22 Å². The smallest absolute Gasteiger partial charge is 0.292 e. The summed E-state index contributed by atoms with van der Waals surface area (Å²) >= 11 is 0. The van der Waals surface area contributed by atoms with Gasteiger partial charge in [0.1, 0.15) is 0 Å². The van der Waals surface area contributed by atoms with E-state index in [1.807, 2.05) is 20.0 Å². The quantitative estimate of drug-likeness (QED) is 0.561. The van der Waals surface area contributed by atoms with Crippen LogP contribution in [0.1, 0.15) is 19.8 Å². The van der Waals surface area contributed by atoms with Gasteiger partial charge in [-0.05, 0) is 19.5 Å². The van der Waals surface area contributed by atoms with Crippen molar-refractivity contribution in [1.82, 2.24) is 0 Å². The third-order valence-electron chi connectivity index (χ3n) is 0.821. The molecular weight excluding hydrogens is 132 g/mol. The average molecular weight is 146 g/mol. The number of hydrogen-bond donors (Lipinski definition) is 0. The molecule has 0 spiro atoms.